The summed E-state index contributed by atoms with van der Waals surface area (Å²) in [5.74, 6) is -0.216. The molecule has 1 aromatic heterocycles. The Morgan fingerprint density at radius 1 is 1.50 bits per heavy atom. The van der Waals surface area contributed by atoms with E-state index in [9.17, 15) is 4.79 Å². The molecule has 0 amide bonds. The fourth-order valence-electron chi connectivity index (χ4n) is 1.51. The van der Waals surface area contributed by atoms with E-state index < -0.39 is 5.97 Å². The van der Waals surface area contributed by atoms with Crippen LogP contribution in [0.15, 0.2) is 22.6 Å². The number of carbonyl (C=O) groups is 1. The molecule has 8 heteroatoms. The molecule has 0 unspecified atom stereocenters. The van der Waals surface area contributed by atoms with Crippen molar-refractivity contribution in [2.24, 2.45) is 0 Å². The molecule has 5 nitrogen and oxygen atoms in total. The first kappa shape index (κ1) is 15.0. The molecule has 1 heterocycles. The standard InChI is InChI=1S/C12H10Cl2N2O3S/c1-2-18-10(17)6-16-12(20)19-11(15-16)8-4-3-7(13)5-9(8)14/h3-5H,2,6H2,1H3. The summed E-state index contributed by atoms with van der Waals surface area (Å²) in [7, 11) is 0. The molecular formula is C12H10Cl2N2O3S. The zero-order valence-electron chi connectivity index (χ0n) is 10.4. The van der Waals surface area contributed by atoms with Gasteiger partial charge in [-0.1, -0.05) is 23.2 Å². The van der Waals surface area contributed by atoms with Crippen LogP contribution in [-0.4, -0.2) is 22.4 Å². The Morgan fingerprint density at radius 3 is 2.90 bits per heavy atom. The predicted molar refractivity (Wildman–Crippen MR) is 77.4 cm³/mol. The minimum absolute atomic E-state index is 0.0686. The molecule has 0 N–H and O–H groups in total. The van der Waals surface area contributed by atoms with Crippen LogP contribution in [0.5, 0.6) is 0 Å². The maximum Gasteiger partial charge on any atom is 0.327 e. The minimum atomic E-state index is -0.439. The van der Waals surface area contributed by atoms with Crippen molar-refractivity contribution in [3.05, 3.63) is 33.1 Å². The summed E-state index contributed by atoms with van der Waals surface area (Å²) in [5.41, 5.74) is 0.546. The van der Waals surface area contributed by atoms with Crippen LogP contribution in [0.2, 0.25) is 10.0 Å². The predicted octanol–water partition coefficient (Wildman–Crippen LogP) is 3.74. The lowest BCUT2D eigenvalue weighted by Crippen LogP contribution is -2.14. The van der Waals surface area contributed by atoms with Gasteiger partial charge in [0.2, 0.25) is 5.89 Å². The molecule has 1 aromatic carbocycles. The van der Waals surface area contributed by atoms with Gasteiger partial charge < -0.3 is 9.15 Å². The van der Waals surface area contributed by atoms with E-state index in [1.807, 2.05) is 0 Å². The number of carbonyl (C=O) groups excluding carboxylic acids is 1. The molecule has 0 radical (unpaired) electrons. The molecule has 106 valence electrons. The van der Waals surface area contributed by atoms with Crippen molar-refractivity contribution in [2.75, 3.05) is 6.61 Å². The van der Waals surface area contributed by atoms with Crippen LogP contribution in [0.4, 0.5) is 0 Å². The molecule has 0 spiro atoms. The Morgan fingerprint density at radius 2 is 2.25 bits per heavy atom. The molecule has 0 bridgehead atoms. The maximum atomic E-state index is 11.4. The van der Waals surface area contributed by atoms with Crippen molar-refractivity contribution in [3.63, 3.8) is 0 Å². The summed E-state index contributed by atoms with van der Waals surface area (Å²) in [5, 5.41) is 5.00. The third kappa shape index (κ3) is 3.39. The highest BCUT2D eigenvalue weighted by Crippen LogP contribution is 2.29. The van der Waals surface area contributed by atoms with Crippen molar-refractivity contribution in [3.8, 4) is 11.5 Å². The Labute approximate surface area is 130 Å². The van der Waals surface area contributed by atoms with Gasteiger partial charge in [0, 0.05) is 5.02 Å². The zero-order valence-corrected chi connectivity index (χ0v) is 12.8. The van der Waals surface area contributed by atoms with Crippen molar-refractivity contribution in [2.45, 2.75) is 13.5 Å². The molecule has 0 saturated heterocycles. The molecular weight excluding hydrogens is 323 g/mol. The number of hydrogen-bond donors (Lipinski definition) is 0. The Bertz CT molecular complexity index is 696. The molecule has 2 rings (SSSR count). The normalized spacial score (nSPS) is 10.6. The van der Waals surface area contributed by atoms with Crippen LogP contribution >= 0.6 is 35.4 Å². The lowest BCUT2D eigenvalue weighted by Gasteiger charge is -2.00. The number of benzene rings is 1. The van der Waals surface area contributed by atoms with Gasteiger partial charge in [-0.25, -0.2) is 4.68 Å². The van der Waals surface area contributed by atoms with E-state index in [1.165, 1.54) is 4.68 Å². The number of rotatable bonds is 4. The number of nitrogens with zero attached hydrogens (tertiary/aromatic N) is 2. The zero-order chi connectivity index (χ0) is 14.7. The molecule has 0 aliphatic carbocycles. The molecule has 0 saturated carbocycles. The number of aromatic nitrogens is 2. The molecule has 0 aliphatic heterocycles. The lowest BCUT2D eigenvalue weighted by molar-refractivity contribution is -0.144. The number of ether oxygens (including phenoxy) is 1. The van der Waals surface area contributed by atoms with Crippen molar-refractivity contribution >= 4 is 41.4 Å². The first-order valence-corrected chi connectivity index (χ1v) is 6.86. The van der Waals surface area contributed by atoms with Gasteiger partial charge in [-0.2, -0.15) is 0 Å². The maximum absolute atomic E-state index is 11.4. The quantitative estimate of drug-likeness (QED) is 0.630. The van der Waals surface area contributed by atoms with Gasteiger partial charge in [0.05, 0.1) is 17.2 Å². The fourth-order valence-corrected chi connectivity index (χ4v) is 2.18. The van der Waals surface area contributed by atoms with E-state index >= 15 is 0 Å². The number of hydrogen-bond acceptors (Lipinski definition) is 5. The number of halogens is 2. The van der Waals surface area contributed by atoms with Crippen LogP contribution in [0.25, 0.3) is 11.5 Å². The third-order valence-corrected chi connectivity index (χ3v) is 3.19. The summed E-state index contributed by atoms with van der Waals surface area (Å²) >= 11 is 16.9. The Balaban J connectivity index is 2.31. The van der Waals surface area contributed by atoms with Gasteiger partial charge in [-0.3, -0.25) is 4.79 Å². The van der Waals surface area contributed by atoms with E-state index in [-0.39, 0.29) is 17.3 Å². The fraction of sp³-hybridized carbons (Fsp3) is 0.250. The summed E-state index contributed by atoms with van der Waals surface area (Å²) in [4.78, 5) is 11.5. The largest absolute Gasteiger partial charge is 0.465 e. The van der Waals surface area contributed by atoms with E-state index in [1.54, 1.807) is 25.1 Å². The molecule has 20 heavy (non-hydrogen) atoms. The SMILES string of the molecule is CCOC(=O)Cn1nc(-c2ccc(Cl)cc2Cl)oc1=S. The van der Waals surface area contributed by atoms with Gasteiger partial charge in [-0.05, 0) is 37.3 Å². The minimum Gasteiger partial charge on any atom is -0.465 e. The van der Waals surface area contributed by atoms with Gasteiger partial charge in [-0.15, -0.1) is 5.10 Å². The lowest BCUT2D eigenvalue weighted by atomic mass is 10.2. The first-order chi connectivity index (χ1) is 9.51. The van der Waals surface area contributed by atoms with Gasteiger partial charge in [0.15, 0.2) is 0 Å². The molecule has 0 fully saturated rings. The average Bonchev–Trinajstić information content (AvgIpc) is 2.70. The smallest absolute Gasteiger partial charge is 0.327 e. The molecule has 2 aromatic rings. The molecule has 0 aliphatic rings. The van der Waals surface area contributed by atoms with Crippen LogP contribution in [0.1, 0.15) is 6.92 Å². The van der Waals surface area contributed by atoms with Crippen molar-refractivity contribution < 1.29 is 13.9 Å². The van der Waals surface area contributed by atoms with Crippen LogP contribution in [0.3, 0.4) is 0 Å². The third-order valence-electron chi connectivity index (χ3n) is 2.35. The van der Waals surface area contributed by atoms with Crippen molar-refractivity contribution in [1.29, 1.82) is 0 Å². The highest BCUT2D eigenvalue weighted by molar-refractivity contribution is 7.71. The first-order valence-electron chi connectivity index (χ1n) is 5.70. The Hall–Kier alpha value is -1.37. The monoisotopic (exact) mass is 332 g/mol. The highest BCUT2D eigenvalue weighted by atomic mass is 35.5. The average molecular weight is 333 g/mol. The summed E-state index contributed by atoms with van der Waals surface area (Å²) in [6, 6.07) is 4.90. The molecule has 0 atom stereocenters. The van der Waals surface area contributed by atoms with E-state index in [0.29, 0.717) is 22.2 Å². The topological polar surface area (TPSA) is 57.3 Å². The second kappa shape index (κ2) is 6.39. The van der Waals surface area contributed by atoms with Gasteiger partial charge in [0.25, 0.3) is 4.84 Å². The van der Waals surface area contributed by atoms with Gasteiger partial charge in [0.1, 0.15) is 6.54 Å². The van der Waals surface area contributed by atoms with E-state index in [2.05, 4.69) is 5.10 Å². The summed E-state index contributed by atoms with van der Waals surface area (Å²) in [6.45, 7) is 1.90. The van der Waals surface area contributed by atoms with Crippen LogP contribution in [0, 0.1) is 4.84 Å². The highest BCUT2D eigenvalue weighted by Gasteiger charge is 2.14. The number of esters is 1. The second-order valence-corrected chi connectivity index (χ2v) is 4.95. The van der Waals surface area contributed by atoms with Crippen molar-refractivity contribution in [1.82, 2.24) is 9.78 Å². The second-order valence-electron chi connectivity index (χ2n) is 3.76. The van der Waals surface area contributed by atoms with Crippen LogP contribution < -0.4 is 0 Å². The Kier molecular flexibility index (Phi) is 4.80. The summed E-state index contributed by atoms with van der Waals surface area (Å²) in [6.07, 6.45) is 0. The van der Waals surface area contributed by atoms with E-state index in [0.717, 1.165) is 0 Å². The summed E-state index contributed by atoms with van der Waals surface area (Å²) < 4.78 is 11.4. The van der Waals surface area contributed by atoms with E-state index in [4.69, 9.17) is 44.6 Å². The van der Waals surface area contributed by atoms with Gasteiger partial charge >= 0.3 is 5.97 Å². The van der Waals surface area contributed by atoms with Crippen LogP contribution in [-0.2, 0) is 16.1 Å².